The summed E-state index contributed by atoms with van der Waals surface area (Å²) in [6.45, 7) is 5.85. The number of anilines is 1. The van der Waals surface area contributed by atoms with Crippen LogP contribution >= 0.6 is 0 Å². The van der Waals surface area contributed by atoms with Gasteiger partial charge in [0, 0.05) is 18.2 Å². The molecule has 0 aliphatic heterocycles. The molecule has 3 N–H and O–H groups in total. The lowest BCUT2D eigenvalue weighted by atomic mass is 10.1. The molecule has 0 atom stereocenters. The Bertz CT molecular complexity index is 1560. The van der Waals surface area contributed by atoms with Crippen molar-refractivity contribution in [3.05, 3.63) is 71.8 Å². The number of pyridine rings is 1. The van der Waals surface area contributed by atoms with Crippen LogP contribution in [0.1, 0.15) is 73.1 Å². The summed E-state index contributed by atoms with van der Waals surface area (Å²) in [6, 6.07) is 8.29. The molecule has 1 aliphatic rings. The van der Waals surface area contributed by atoms with Gasteiger partial charge >= 0.3 is 11.9 Å². The summed E-state index contributed by atoms with van der Waals surface area (Å²) in [6.07, 6.45) is 7.01. The first-order valence-electron chi connectivity index (χ1n) is 13.0. The highest BCUT2D eigenvalue weighted by atomic mass is 19.1. The van der Waals surface area contributed by atoms with Gasteiger partial charge in [-0.05, 0) is 63.4 Å². The van der Waals surface area contributed by atoms with Crippen LogP contribution in [0.2, 0.25) is 0 Å². The number of imidazole rings is 1. The zero-order valence-electron chi connectivity index (χ0n) is 22.8. The predicted octanol–water partition coefficient (Wildman–Crippen LogP) is 4.62. The largest absolute Gasteiger partial charge is 0.481 e. The second-order valence-corrected chi connectivity index (χ2v) is 9.90. The summed E-state index contributed by atoms with van der Waals surface area (Å²) in [5, 5.41) is 26.6. The molecule has 1 aromatic carbocycles. The van der Waals surface area contributed by atoms with Gasteiger partial charge in [-0.3, -0.25) is 14.4 Å². The number of benzene rings is 1. The van der Waals surface area contributed by atoms with E-state index in [-0.39, 0.29) is 24.4 Å². The number of carboxylic acid groups (broad SMARTS) is 2. The monoisotopic (exact) mass is 563 g/mol. The number of halogens is 1. The Morgan fingerprint density at radius 3 is 2.44 bits per heavy atom. The predicted molar refractivity (Wildman–Crippen MR) is 146 cm³/mol. The van der Waals surface area contributed by atoms with E-state index in [2.05, 4.69) is 25.5 Å². The minimum absolute atomic E-state index is 0.0603. The first-order chi connectivity index (χ1) is 19.5. The van der Waals surface area contributed by atoms with Gasteiger partial charge < -0.3 is 24.7 Å². The van der Waals surface area contributed by atoms with Crippen LogP contribution in [0.25, 0.3) is 17.2 Å². The first-order valence-corrected chi connectivity index (χ1v) is 13.0. The summed E-state index contributed by atoms with van der Waals surface area (Å²) in [5.74, 6) is -1.92. The fraction of sp³-hybridized carbons (Fsp3) is 0.321. The van der Waals surface area contributed by atoms with E-state index >= 15 is 0 Å². The first kappa shape index (κ1) is 29.1. The Morgan fingerprint density at radius 2 is 1.80 bits per heavy atom. The van der Waals surface area contributed by atoms with Crippen LogP contribution in [-0.4, -0.2) is 57.4 Å². The molecule has 1 saturated carbocycles. The van der Waals surface area contributed by atoms with Gasteiger partial charge in [0.1, 0.15) is 23.7 Å². The third-order valence-corrected chi connectivity index (χ3v) is 6.31. The van der Waals surface area contributed by atoms with Crippen LogP contribution in [0.3, 0.4) is 0 Å². The van der Waals surface area contributed by atoms with Crippen LogP contribution in [-0.2, 0) is 9.59 Å². The number of nitrogens with zero attached hydrogens (tertiary/aromatic N) is 6. The molecular weight excluding hydrogens is 533 g/mol. The van der Waals surface area contributed by atoms with E-state index in [0.29, 0.717) is 28.9 Å². The molecule has 1 amide bonds. The smallest absolute Gasteiger partial charge is 0.303 e. The number of aryl methyl sites for hydroxylation is 1. The third-order valence-electron chi connectivity index (χ3n) is 6.31. The van der Waals surface area contributed by atoms with Crippen LogP contribution in [0.4, 0.5) is 10.2 Å². The van der Waals surface area contributed by atoms with E-state index in [1.807, 2.05) is 36.1 Å². The average Bonchev–Trinajstić information content (AvgIpc) is 3.43. The SMILES string of the molecule is Cc1cc(F)c(C(=O)Nc2cccc(-c3nncn3C(C)C)n2)cc1-n1cnc(C2CC2)c1.O=C(O)CCC(=O)O. The second-order valence-electron chi connectivity index (χ2n) is 9.90. The molecule has 1 fully saturated rings. The average molecular weight is 564 g/mol. The van der Waals surface area contributed by atoms with Crippen LogP contribution < -0.4 is 5.32 Å². The molecule has 1 aliphatic carbocycles. The fourth-order valence-electron chi connectivity index (χ4n) is 4.00. The number of amides is 1. The Labute approximate surface area is 234 Å². The van der Waals surface area contributed by atoms with E-state index in [9.17, 15) is 18.8 Å². The lowest BCUT2D eigenvalue weighted by molar-refractivity contribution is -0.143. The zero-order chi connectivity index (χ0) is 29.7. The highest BCUT2D eigenvalue weighted by Crippen LogP contribution is 2.39. The number of carboxylic acids is 2. The normalized spacial score (nSPS) is 12.5. The van der Waals surface area contributed by atoms with Crippen molar-refractivity contribution < 1.29 is 29.0 Å². The number of nitrogens with one attached hydrogen (secondary N) is 1. The van der Waals surface area contributed by atoms with Crippen molar-refractivity contribution in [1.82, 2.24) is 29.3 Å². The molecule has 3 aromatic heterocycles. The Morgan fingerprint density at radius 1 is 1.10 bits per heavy atom. The van der Waals surface area contributed by atoms with Crippen molar-refractivity contribution in [2.45, 2.75) is 58.4 Å². The topological polar surface area (TPSA) is 165 Å². The van der Waals surface area contributed by atoms with Crippen molar-refractivity contribution >= 4 is 23.7 Å². The van der Waals surface area contributed by atoms with Crippen molar-refractivity contribution in [2.24, 2.45) is 0 Å². The molecule has 4 aromatic rings. The number of aliphatic carboxylic acids is 2. The van der Waals surface area contributed by atoms with Crippen LogP contribution in [0.15, 0.2) is 49.2 Å². The lowest BCUT2D eigenvalue weighted by Gasteiger charge is -2.12. The maximum atomic E-state index is 14.8. The third kappa shape index (κ3) is 7.38. The van der Waals surface area contributed by atoms with Gasteiger partial charge in [0.15, 0.2) is 5.82 Å². The van der Waals surface area contributed by atoms with Gasteiger partial charge in [-0.1, -0.05) is 6.07 Å². The lowest BCUT2D eigenvalue weighted by Crippen LogP contribution is -2.16. The number of carbonyl (C=O) groups excluding carboxylic acids is 1. The summed E-state index contributed by atoms with van der Waals surface area (Å²) in [4.78, 5) is 41.2. The molecule has 214 valence electrons. The highest BCUT2D eigenvalue weighted by molar-refractivity contribution is 6.04. The summed E-state index contributed by atoms with van der Waals surface area (Å²) >= 11 is 0. The Kier molecular flexibility index (Phi) is 8.85. The quantitative estimate of drug-likeness (QED) is 0.263. The maximum Gasteiger partial charge on any atom is 0.303 e. The standard InChI is InChI=1S/C24H24FN7O.C4H6O4/c1-14(2)32-13-27-30-23(32)19-5-4-6-22(28-19)29-24(33)17-10-21(15(3)9-18(17)25)31-11-20(26-12-31)16-7-8-16;5-3(6)1-2-4(7)8/h4-6,9-14,16H,7-8H2,1-3H3,(H,28,29,33);1-2H2,(H,5,6)(H,7,8). The number of carbonyl (C=O) groups is 3. The van der Waals surface area contributed by atoms with E-state index in [4.69, 9.17) is 10.2 Å². The molecule has 0 spiro atoms. The number of rotatable bonds is 9. The van der Waals surface area contributed by atoms with Crippen molar-refractivity contribution in [3.63, 3.8) is 0 Å². The molecule has 0 unspecified atom stereocenters. The van der Waals surface area contributed by atoms with E-state index in [0.717, 1.165) is 24.1 Å². The van der Waals surface area contributed by atoms with E-state index in [1.54, 1.807) is 36.9 Å². The van der Waals surface area contributed by atoms with Gasteiger partial charge in [0.2, 0.25) is 0 Å². The van der Waals surface area contributed by atoms with Crippen LogP contribution in [0.5, 0.6) is 0 Å². The molecule has 12 nitrogen and oxygen atoms in total. The molecule has 13 heteroatoms. The van der Waals surface area contributed by atoms with Crippen molar-refractivity contribution in [3.8, 4) is 17.2 Å². The zero-order valence-corrected chi connectivity index (χ0v) is 22.8. The van der Waals surface area contributed by atoms with E-state index in [1.165, 1.54) is 6.07 Å². The van der Waals surface area contributed by atoms with Crippen molar-refractivity contribution in [2.75, 3.05) is 5.32 Å². The van der Waals surface area contributed by atoms with Gasteiger partial charge in [-0.25, -0.2) is 14.4 Å². The Balaban J connectivity index is 0.000000426. The molecule has 0 radical (unpaired) electrons. The minimum Gasteiger partial charge on any atom is -0.481 e. The summed E-state index contributed by atoms with van der Waals surface area (Å²) in [5.41, 5.74) is 2.97. The van der Waals surface area contributed by atoms with Gasteiger partial charge in [0.05, 0.1) is 36.1 Å². The maximum absolute atomic E-state index is 14.8. The molecule has 5 rings (SSSR count). The van der Waals surface area contributed by atoms with Crippen molar-refractivity contribution in [1.29, 1.82) is 0 Å². The highest BCUT2D eigenvalue weighted by Gasteiger charge is 2.26. The minimum atomic E-state index is -1.08. The van der Waals surface area contributed by atoms with E-state index < -0.39 is 23.7 Å². The van der Waals surface area contributed by atoms with Gasteiger partial charge in [0.25, 0.3) is 5.91 Å². The number of hydrogen-bond donors (Lipinski definition) is 3. The Hall–Kier alpha value is -4.94. The number of aromatic nitrogens is 6. The number of hydrogen-bond acceptors (Lipinski definition) is 7. The molecule has 41 heavy (non-hydrogen) atoms. The molecule has 0 bridgehead atoms. The second kappa shape index (κ2) is 12.5. The summed E-state index contributed by atoms with van der Waals surface area (Å²) in [7, 11) is 0. The fourth-order valence-corrected chi connectivity index (χ4v) is 4.00. The summed E-state index contributed by atoms with van der Waals surface area (Å²) < 4.78 is 18.5. The molecule has 3 heterocycles. The van der Waals surface area contributed by atoms with Crippen LogP contribution in [0, 0.1) is 12.7 Å². The van der Waals surface area contributed by atoms with Gasteiger partial charge in [-0.15, -0.1) is 10.2 Å². The molecule has 0 saturated heterocycles. The molecular formula is C28H30FN7O5. The van der Waals surface area contributed by atoms with Gasteiger partial charge in [-0.2, -0.15) is 0 Å².